The van der Waals surface area contributed by atoms with Crippen molar-refractivity contribution in [2.24, 2.45) is 15.4 Å². The second-order valence-corrected chi connectivity index (χ2v) is 5.71. The van der Waals surface area contributed by atoms with Crippen LogP contribution in [-0.4, -0.2) is 53.0 Å². The molecule has 0 bridgehead atoms. The molecule has 8 heteroatoms. The third-order valence-electron chi connectivity index (χ3n) is 3.48. The van der Waals surface area contributed by atoms with Crippen LogP contribution in [0.5, 0.6) is 0 Å². The smallest absolute Gasteiger partial charge is 0.185 e. The summed E-state index contributed by atoms with van der Waals surface area (Å²) in [6, 6.07) is 7.79. The van der Waals surface area contributed by atoms with Crippen molar-refractivity contribution in [3.8, 4) is 0 Å². The molecule has 2 rings (SSSR count). The standard InChI is InChI=1S/C18H24N6O2/c1-14(20-23(3)4)15(2)21-26-12-16-8-6-7-9-17(16)18(22-25-5)24-11-10-19-13-24/h6-11,13H,12H2,1-5H3. The Morgan fingerprint density at radius 3 is 2.58 bits per heavy atom. The number of imidazole rings is 1. The van der Waals surface area contributed by atoms with Crippen LogP contribution < -0.4 is 0 Å². The molecule has 2 aromatic rings. The zero-order valence-electron chi connectivity index (χ0n) is 15.7. The van der Waals surface area contributed by atoms with Crippen LogP contribution in [0.1, 0.15) is 25.0 Å². The van der Waals surface area contributed by atoms with Crippen LogP contribution in [0.2, 0.25) is 0 Å². The first-order valence-corrected chi connectivity index (χ1v) is 8.10. The summed E-state index contributed by atoms with van der Waals surface area (Å²) in [5.74, 6) is 0.621. The zero-order valence-corrected chi connectivity index (χ0v) is 15.7. The topological polar surface area (TPSA) is 76.6 Å². The van der Waals surface area contributed by atoms with Crippen molar-refractivity contribution < 1.29 is 9.68 Å². The van der Waals surface area contributed by atoms with Gasteiger partial charge in [-0.1, -0.05) is 34.6 Å². The Hall–Kier alpha value is -3.16. The third-order valence-corrected chi connectivity index (χ3v) is 3.48. The molecule has 8 nitrogen and oxygen atoms in total. The molecule has 0 unspecified atom stereocenters. The normalized spacial score (nSPS) is 12.9. The Balaban J connectivity index is 2.21. The van der Waals surface area contributed by atoms with Crippen molar-refractivity contribution in [2.75, 3.05) is 21.2 Å². The van der Waals surface area contributed by atoms with Crippen molar-refractivity contribution in [1.82, 2.24) is 14.6 Å². The minimum absolute atomic E-state index is 0.292. The van der Waals surface area contributed by atoms with E-state index in [1.54, 1.807) is 28.3 Å². The predicted octanol–water partition coefficient (Wildman–Crippen LogP) is 2.57. The highest BCUT2D eigenvalue weighted by Crippen LogP contribution is 2.13. The first kappa shape index (κ1) is 19.2. The molecule has 0 aliphatic carbocycles. The van der Waals surface area contributed by atoms with Crippen molar-refractivity contribution in [3.63, 3.8) is 0 Å². The van der Waals surface area contributed by atoms with Crippen molar-refractivity contribution in [2.45, 2.75) is 20.5 Å². The van der Waals surface area contributed by atoms with Gasteiger partial charge in [-0.05, 0) is 13.8 Å². The van der Waals surface area contributed by atoms with Gasteiger partial charge in [-0.25, -0.2) is 4.98 Å². The predicted molar refractivity (Wildman–Crippen MR) is 102 cm³/mol. The maximum Gasteiger partial charge on any atom is 0.185 e. The molecule has 0 atom stereocenters. The van der Waals surface area contributed by atoms with Crippen LogP contribution in [0.25, 0.3) is 0 Å². The summed E-state index contributed by atoms with van der Waals surface area (Å²) in [6.07, 6.45) is 5.16. The Morgan fingerprint density at radius 1 is 1.15 bits per heavy atom. The SMILES string of the molecule is CON=C(c1ccccc1CON=C(C)C(C)=NN(C)C)n1ccnc1. The van der Waals surface area contributed by atoms with Crippen LogP contribution in [0.4, 0.5) is 0 Å². The Morgan fingerprint density at radius 2 is 1.92 bits per heavy atom. The summed E-state index contributed by atoms with van der Waals surface area (Å²) in [5.41, 5.74) is 3.31. The molecular weight excluding hydrogens is 332 g/mol. The van der Waals surface area contributed by atoms with Crippen LogP contribution in [0.15, 0.2) is 58.4 Å². The minimum Gasteiger partial charge on any atom is -0.397 e. The first-order valence-electron chi connectivity index (χ1n) is 8.10. The summed E-state index contributed by atoms with van der Waals surface area (Å²) in [7, 11) is 5.23. The summed E-state index contributed by atoms with van der Waals surface area (Å²) < 4.78 is 1.78. The van der Waals surface area contributed by atoms with Gasteiger partial charge in [-0.15, -0.1) is 0 Å². The Kier molecular flexibility index (Phi) is 6.90. The molecule has 0 aliphatic rings. The van der Waals surface area contributed by atoms with Gasteiger partial charge >= 0.3 is 0 Å². The molecule has 1 aromatic carbocycles. The van der Waals surface area contributed by atoms with Gasteiger partial charge in [0.1, 0.15) is 20.0 Å². The average molecular weight is 356 g/mol. The molecule has 1 heterocycles. The highest BCUT2D eigenvalue weighted by Gasteiger charge is 2.12. The molecule has 0 N–H and O–H groups in total. The zero-order chi connectivity index (χ0) is 18.9. The van der Waals surface area contributed by atoms with E-state index in [1.165, 1.54) is 7.11 Å². The van der Waals surface area contributed by atoms with Crippen molar-refractivity contribution in [1.29, 1.82) is 0 Å². The molecular formula is C18H24N6O2. The number of rotatable bonds is 7. The number of hydrazone groups is 1. The summed E-state index contributed by atoms with van der Waals surface area (Å²) in [4.78, 5) is 14.6. The molecule has 0 amide bonds. The number of aromatic nitrogens is 2. The van der Waals surface area contributed by atoms with Crippen molar-refractivity contribution >= 4 is 17.3 Å². The third kappa shape index (κ3) is 5.17. The van der Waals surface area contributed by atoms with Crippen LogP contribution in [0, 0.1) is 0 Å². The molecule has 0 aliphatic heterocycles. The Labute approximate surface area is 153 Å². The first-order chi connectivity index (χ1) is 12.5. The van der Waals surface area contributed by atoms with Gasteiger partial charge in [0.05, 0.1) is 11.4 Å². The molecule has 0 radical (unpaired) electrons. The average Bonchev–Trinajstić information content (AvgIpc) is 3.14. The van der Waals surface area contributed by atoms with Gasteiger partial charge in [0.25, 0.3) is 0 Å². The van der Waals surface area contributed by atoms with E-state index in [1.807, 2.05) is 52.2 Å². The van der Waals surface area contributed by atoms with Gasteiger partial charge in [-0.3, -0.25) is 4.57 Å². The fraction of sp³-hybridized carbons (Fsp3) is 0.333. The number of oxime groups is 2. The Bertz CT molecular complexity index is 794. The summed E-state index contributed by atoms with van der Waals surface area (Å²) >= 11 is 0. The molecule has 26 heavy (non-hydrogen) atoms. The van der Waals surface area contributed by atoms with Gasteiger partial charge in [0.2, 0.25) is 0 Å². The fourth-order valence-corrected chi connectivity index (χ4v) is 2.21. The summed E-state index contributed by atoms with van der Waals surface area (Å²) in [6.45, 7) is 4.04. The number of hydrogen-bond donors (Lipinski definition) is 0. The molecule has 1 aromatic heterocycles. The van der Waals surface area contributed by atoms with Gasteiger partial charge < -0.3 is 14.7 Å². The number of nitrogens with zero attached hydrogens (tertiary/aromatic N) is 6. The number of hydrogen-bond acceptors (Lipinski definition) is 7. The quantitative estimate of drug-likeness (QED) is 0.434. The molecule has 0 spiro atoms. The van der Waals surface area contributed by atoms with E-state index in [-0.39, 0.29) is 0 Å². The van der Waals surface area contributed by atoms with E-state index in [4.69, 9.17) is 9.68 Å². The van der Waals surface area contributed by atoms with Crippen molar-refractivity contribution in [3.05, 3.63) is 54.1 Å². The lowest BCUT2D eigenvalue weighted by atomic mass is 10.1. The van der Waals surface area contributed by atoms with Crippen LogP contribution in [0.3, 0.4) is 0 Å². The molecule has 0 saturated carbocycles. The van der Waals surface area contributed by atoms with Gasteiger partial charge in [0.15, 0.2) is 5.84 Å². The van der Waals surface area contributed by atoms with E-state index in [0.29, 0.717) is 12.4 Å². The fourth-order valence-electron chi connectivity index (χ4n) is 2.21. The highest BCUT2D eigenvalue weighted by atomic mass is 16.6. The van der Waals surface area contributed by atoms with E-state index < -0.39 is 0 Å². The minimum atomic E-state index is 0.292. The van der Waals surface area contributed by atoms with Crippen LogP contribution in [-0.2, 0) is 16.3 Å². The lowest BCUT2D eigenvalue weighted by molar-refractivity contribution is 0.130. The molecule has 138 valence electrons. The largest absolute Gasteiger partial charge is 0.397 e. The van der Waals surface area contributed by atoms with E-state index >= 15 is 0 Å². The second kappa shape index (κ2) is 9.36. The maximum absolute atomic E-state index is 5.54. The monoisotopic (exact) mass is 356 g/mol. The molecule has 0 saturated heterocycles. The second-order valence-electron chi connectivity index (χ2n) is 5.71. The number of benzene rings is 1. The van der Waals surface area contributed by atoms with E-state index in [0.717, 1.165) is 22.6 Å². The van der Waals surface area contributed by atoms with Gasteiger partial charge in [-0.2, -0.15) is 5.10 Å². The molecule has 0 fully saturated rings. The lowest BCUT2D eigenvalue weighted by Crippen LogP contribution is -2.15. The maximum atomic E-state index is 5.54. The summed E-state index contributed by atoms with van der Waals surface area (Å²) in [5, 5.41) is 14.3. The van der Waals surface area contributed by atoms with E-state index in [2.05, 4.69) is 20.4 Å². The van der Waals surface area contributed by atoms with E-state index in [9.17, 15) is 0 Å². The highest BCUT2D eigenvalue weighted by molar-refractivity contribution is 6.40. The lowest BCUT2D eigenvalue weighted by Gasteiger charge is -2.12. The van der Waals surface area contributed by atoms with Crippen LogP contribution >= 0.6 is 0 Å². The van der Waals surface area contributed by atoms with Gasteiger partial charge in [0, 0.05) is 37.6 Å².